The van der Waals surface area contributed by atoms with E-state index in [1.165, 1.54) is 6.42 Å². The maximum atomic E-state index is 11.9. The van der Waals surface area contributed by atoms with E-state index in [2.05, 4.69) is 39.4 Å². The number of rotatable bonds is 6. The van der Waals surface area contributed by atoms with E-state index in [1.54, 1.807) is 6.92 Å². The highest BCUT2D eigenvalue weighted by Crippen LogP contribution is 2.25. The molecule has 138 valence electrons. The number of likely N-dealkylation sites (tertiary alicyclic amines) is 1. The van der Waals surface area contributed by atoms with Crippen molar-refractivity contribution in [2.45, 2.75) is 32.2 Å². The number of carbonyl (C=O) groups is 2. The van der Waals surface area contributed by atoms with Gasteiger partial charge in [0.25, 0.3) is 0 Å². The first kappa shape index (κ1) is 19.2. The van der Waals surface area contributed by atoms with Crippen LogP contribution in [-0.2, 0) is 14.3 Å². The molecule has 1 heterocycles. The van der Waals surface area contributed by atoms with Crippen LogP contribution in [0.4, 0.5) is 5.69 Å². The van der Waals surface area contributed by atoms with Crippen molar-refractivity contribution >= 4 is 17.6 Å². The molecule has 1 fully saturated rings. The second-order valence-electron chi connectivity index (χ2n) is 6.53. The van der Waals surface area contributed by atoms with Gasteiger partial charge in [-0.25, -0.2) is 4.79 Å². The molecule has 0 saturated carbocycles. The Morgan fingerprint density at radius 1 is 1.16 bits per heavy atom. The van der Waals surface area contributed by atoms with Crippen molar-refractivity contribution in [3.63, 3.8) is 0 Å². The number of nitrogens with one attached hydrogen (secondary N) is 1. The summed E-state index contributed by atoms with van der Waals surface area (Å²) in [7, 11) is 4.02. The SMILES string of the molecule is CCOC(=O)C(=O)NCC(c1ccc(N(C)C)cc1)N1CCCCC1. The van der Waals surface area contributed by atoms with Crippen LogP contribution in [0, 0.1) is 0 Å². The summed E-state index contributed by atoms with van der Waals surface area (Å²) in [5.41, 5.74) is 2.29. The highest BCUT2D eigenvalue weighted by atomic mass is 16.5. The molecule has 0 bridgehead atoms. The lowest BCUT2D eigenvalue weighted by molar-refractivity contribution is -0.154. The van der Waals surface area contributed by atoms with Crippen LogP contribution in [0.1, 0.15) is 37.8 Å². The zero-order valence-corrected chi connectivity index (χ0v) is 15.5. The summed E-state index contributed by atoms with van der Waals surface area (Å²) in [4.78, 5) is 27.9. The largest absolute Gasteiger partial charge is 0.459 e. The van der Waals surface area contributed by atoms with Crippen LogP contribution in [-0.4, -0.2) is 57.1 Å². The van der Waals surface area contributed by atoms with Crippen molar-refractivity contribution in [2.24, 2.45) is 0 Å². The van der Waals surface area contributed by atoms with E-state index in [9.17, 15) is 9.59 Å². The molecule has 25 heavy (non-hydrogen) atoms. The highest BCUT2D eigenvalue weighted by Gasteiger charge is 2.24. The maximum absolute atomic E-state index is 11.9. The Kier molecular flexibility index (Phi) is 7.25. The summed E-state index contributed by atoms with van der Waals surface area (Å²) in [6, 6.07) is 8.43. The van der Waals surface area contributed by atoms with Gasteiger partial charge in [-0.15, -0.1) is 0 Å². The molecule has 1 atom stereocenters. The minimum absolute atomic E-state index is 0.0647. The zero-order valence-electron chi connectivity index (χ0n) is 15.5. The standard InChI is InChI=1S/C19H29N3O3/c1-4-25-19(24)18(23)20-14-17(22-12-6-5-7-13-22)15-8-10-16(11-9-15)21(2)3/h8-11,17H,4-7,12-14H2,1-3H3,(H,20,23). The fraction of sp³-hybridized carbons (Fsp3) is 0.579. The lowest BCUT2D eigenvalue weighted by Gasteiger charge is -2.35. The average molecular weight is 347 g/mol. The van der Waals surface area contributed by atoms with Crippen LogP contribution in [0.5, 0.6) is 0 Å². The molecule has 0 radical (unpaired) electrons. The predicted molar refractivity (Wildman–Crippen MR) is 98.6 cm³/mol. The van der Waals surface area contributed by atoms with Crippen LogP contribution in [0.3, 0.4) is 0 Å². The van der Waals surface area contributed by atoms with Gasteiger partial charge in [-0.1, -0.05) is 18.6 Å². The molecule has 0 aliphatic carbocycles. The smallest absolute Gasteiger partial charge is 0.396 e. The Balaban J connectivity index is 2.09. The number of anilines is 1. The number of hydrogen-bond acceptors (Lipinski definition) is 5. The van der Waals surface area contributed by atoms with Crippen LogP contribution in [0.2, 0.25) is 0 Å². The molecular formula is C19H29N3O3. The van der Waals surface area contributed by atoms with E-state index in [1.807, 2.05) is 14.1 Å². The first-order valence-corrected chi connectivity index (χ1v) is 8.99. The highest BCUT2D eigenvalue weighted by molar-refractivity contribution is 6.32. The maximum Gasteiger partial charge on any atom is 0.396 e. The Morgan fingerprint density at radius 2 is 1.80 bits per heavy atom. The second kappa shape index (κ2) is 9.42. The molecule has 1 amide bonds. The molecule has 6 nitrogen and oxygen atoms in total. The van der Waals surface area contributed by atoms with Gasteiger partial charge >= 0.3 is 11.9 Å². The average Bonchev–Trinajstić information content (AvgIpc) is 2.63. The van der Waals surface area contributed by atoms with Crippen molar-refractivity contribution in [3.8, 4) is 0 Å². The Labute approximate surface area is 150 Å². The molecule has 2 rings (SSSR count). The molecule has 0 spiro atoms. The Hall–Kier alpha value is -2.08. The number of piperidine rings is 1. The number of nitrogens with zero attached hydrogens (tertiary/aromatic N) is 2. The molecule has 6 heteroatoms. The number of hydrogen-bond donors (Lipinski definition) is 1. The first-order chi connectivity index (χ1) is 12.0. The fourth-order valence-corrected chi connectivity index (χ4v) is 3.14. The van der Waals surface area contributed by atoms with E-state index in [0.29, 0.717) is 6.54 Å². The van der Waals surface area contributed by atoms with Crippen molar-refractivity contribution in [2.75, 3.05) is 45.2 Å². The lowest BCUT2D eigenvalue weighted by atomic mass is 10.0. The first-order valence-electron chi connectivity index (χ1n) is 8.99. The number of carbonyl (C=O) groups excluding carboxylic acids is 2. The van der Waals surface area contributed by atoms with Gasteiger partial charge in [0.2, 0.25) is 0 Å². The third kappa shape index (κ3) is 5.46. The van der Waals surface area contributed by atoms with Crippen molar-refractivity contribution in [3.05, 3.63) is 29.8 Å². The summed E-state index contributed by atoms with van der Waals surface area (Å²) in [5, 5.41) is 2.73. The summed E-state index contributed by atoms with van der Waals surface area (Å²) < 4.78 is 4.76. The van der Waals surface area contributed by atoms with Crippen molar-refractivity contribution in [1.82, 2.24) is 10.2 Å². The van der Waals surface area contributed by atoms with Crippen LogP contribution in [0.15, 0.2) is 24.3 Å². The minimum atomic E-state index is -0.817. The Morgan fingerprint density at radius 3 is 2.36 bits per heavy atom. The van der Waals surface area contributed by atoms with Gasteiger partial charge in [-0.3, -0.25) is 9.69 Å². The van der Waals surface area contributed by atoms with Crippen LogP contribution >= 0.6 is 0 Å². The van der Waals surface area contributed by atoms with E-state index in [-0.39, 0.29) is 12.6 Å². The quantitative estimate of drug-likeness (QED) is 0.630. The summed E-state index contributed by atoms with van der Waals surface area (Å²) in [6.07, 6.45) is 3.58. The molecule has 0 aromatic heterocycles. The summed E-state index contributed by atoms with van der Waals surface area (Å²) in [5.74, 6) is -1.49. The third-order valence-corrected chi connectivity index (χ3v) is 4.54. The number of amides is 1. The number of ether oxygens (including phenoxy) is 1. The van der Waals surface area contributed by atoms with Gasteiger partial charge in [0.15, 0.2) is 0 Å². The van der Waals surface area contributed by atoms with Crippen molar-refractivity contribution < 1.29 is 14.3 Å². The van der Waals surface area contributed by atoms with Gasteiger partial charge in [0, 0.05) is 26.3 Å². The molecule has 1 unspecified atom stereocenters. The summed E-state index contributed by atoms with van der Waals surface area (Å²) in [6.45, 7) is 4.31. The molecular weight excluding hydrogens is 318 g/mol. The normalized spacial score (nSPS) is 16.1. The van der Waals surface area contributed by atoms with E-state index < -0.39 is 11.9 Å². The summed E-state index contributed by atoms with van der Waals surface area (Å²) >= 11 is 0. The zero-order chi connectivity index (χ0) is 18.2. The second-order valence-corrected chi connectivity index (χ2v) is 6.53. The van der Waals surface area contributed by atoms with Crippen LogP contribution in [0.25, 0.3) is 0 Å². The van der Waals surface area contributed by atoms with Gasteiger partial charge in [-0.2, -0.15) is 0 Å². The van der Waals surface area contributed by atoms with E-state index in [4.69, 9.17) is 4.74 Å². The molecule has 1 N–H and O–H groups in total. The van der Waals surface area contributed by atoms with Gasteiger partial charge < -0.3 is 15.0 Å². The van der Waals surface area contributed by atoms with Gasteiger partial charge in [0.05, 0.1) is 12.6 Å². The van der Waals surface area contributed by atoms with Gasteiger partial charge in [-0.05, 0) is 50.6 Å². The molecule has 1 aromatic carbocycles. The fourth-order valence-electron chi connectivity index (χ4n) is 3.14. The molecule has 1 saturated heterocycles. The van der Waals surface area contributed by atoms with Gasteiger partial charge in [0.1, 0.15) is 0 Å². The van der Waals surface area contributed by atoms with E-state index in [0.717, 1.165) is 37.2 Å². The van der Waals surface area contributed by atoms with E-state index >= 15 is 0 Å². The number of esters is 1. The molecule has 1 aliphatic rings. The van der Waals surface area contributed by atoms with Crippen molar-refractivity contribution in [1.29, 1.82) is 0 Å². The van der Waals surface area contributed by atoms with Crippen LogP contribution < -0.4 is 10.2 Å². The monoisotopic (exact) mass is 347 g/mol. The lowest BCUT2D eigenvalue weighted by Crippen LogP contribution is -2.42. The predicted octanol–water partition coefficient (Wildman–Crippen LogP) is 1.96. The number of benzene rings is 1. The molecule has 1 aromatic rings. The topological polar surface area (TPSA) is 61.9 Å². The third-order valence-electron chi connectivity index (χ3n) is 4.54. The minimum Gasteiger partial charge on any atom is -0.459 e. The molecule has 1 aliphatic heterocycles. The Bertz CT molecular complexity index is 566.